The Hall–Kier alpha value is -2.10. The van der Waals surface area contributed by atoms with E-state index in [0.29, 0.717) is 5.95 Å². The second-order valence-electron chi connectivity index (χ2n) is 4.81. The molecular weight excluding hydrogens is 248 g/mol. The first-order valence-electron chi connectivity index (χ1n) is 7.07. The second-order valence-corrected chi connectivity index (χ2v) is 4.81. The zero-order chi connectivity index (χ0) is 14.5. The Morgan fingerprint density at radius 3 is 2.40 bits per heavy atom. The van der Waals surface area contributed by atoms with Gasteiger partial charge in [0.05, 0.1) is 0 Å². The van der Waals surface area contributed by atoms with Crippen molar-refractivity contribution >= 4 is 17.5 Å². The van der Waals surface area contributed by atoms with Gasteiger partial charge in [0.2, 0.25) is 5.95 Å². The van der Waals surface area contributed by atoms with Gasteiger partial charge in [0, 0.05) is 30.5 Å². The van der Waals surface area contributed by atoms with Crippen LogP contribution < -0.4 is 10.2 Å². The maximum absolute atomic E-state index is 4.64. The zero-order valence-corrected chi connectivity index (χ0v) is 12.6. The lowest BCUT2D eigenvalue weighted by atomic mass is 10.2. The minimum atomic E-state index is 0.679. The molecule has 1 N–H and O–H groups in total. The first kappa shape index (κ1) is 14.3. The fourth-order valence-electron chi connectivity index (χ4n) is 2.13. The van der Waals surface area contributed by atoms with Crippen LogP contribution in [0.25, 0.3) is 0 Å². The minimum Gasteiger partial charge on any atom is -0.354 e. The van der Waals surface area contributed by atoms with Crippen LogP contribution in [0, 0.1) is 13.8 Å². The Morgan fingerprint density at radius 2 is 1.80 bits per heavy atom. The Balaban J connectivity index is 2.40. The standard InChI is InChI=1S/C16H22N4/c1-5-17-16-18-11-13(4)15(19-16)20(6-2)14-9-7-12(3)8-10-14/h7-11H,5-6H2,1-4H3,(H,17,18,19). The lowest BCUT2D eigenvalue weighted by molar-refractivity contribution is 0.957. The van der Waals surface area contributed by atoms with E-state index in [9.17, 15) is 0 Å². The average molecular weight is 270 g/mol. The molecule has 106 valence electrons. The number of hydrogen-bond donors (Lipinski definition) is 1. The number of nitrogens with one attached hydrogen (secondary N) is 1. The number of nitrogens with zero attached hydrogens (tertiary/aromatic N) is 3. The molecule has 0 fully saturated rings. The largest absolute Gasteiger partial charge is 0.354 e. The monoisotopic (exact) mass is 270 g/mol. The molecular formula is C16H22N4. The second kappa shape index (κ2) is 6.37. The summed E-state index contributed by atoms with van der Waals surface area (Å²) in [5.74, 6) is 1.64. The number of aryl methyl sites for hydroxylation is 2. The fraction of sp³-hybridized carbons (Fsp3) is 0.375. The number of hydrogen-bond acceptors (Lipinski definition) is 4. The van der Waals surface area contributed by atoms with Crippen molar-refractivity contribution in [1.82, 2.24) is 9.97 Å². The van der Waals surface area contributed by atoms with Gasteiger partial charge < -0.3 is 10.2 Å². The molecule has 0 unspecified atom stereocenters. The average Bonchev–Trinajstić information content (AvgIpc) is 2.45. The topological polar surface area (TPSA) is 41.1 Å². The van der Waals surface area contributed by atoms with Gasteiger partial charge in [-0.2, -0.15) is 4.98 Å². The molecule has 1 aromatic heterocycles. The normalized spacial score (nSPS) is 10.4. The van der Waals surface area contributed by atoms with Crippen molar-refractivity contribution in [2.45, 2.75) is 27.7 Å². The summed E-state index contributed by atoms with van der Waals surface area (Å²) < 4.78 is 0. The van der Waals surface area contributed by atoms with Gasteiger partial charge in [-0.1, -0.05) is 17.7 Å². The summed E-state index contributed by atoms with van der Waals surface area (Å²) in [6.45, 7) is 10.0. The van der Waals surface area contributed by atoms with Gasteiger partial charge in [0.15, 0.2) is 0 Å². The van der Waals surface area contributed by atoms with Crippen LogP contribution in [0.4, 0.5) is 17.5 Å². The molecule has 2 rings (SSSR count). The number of anilines is 3. The van der Waals surface area contributed by atoms with Crippen molar-refractivity contribution < 1.29 is 0 Å². The van der Waals surface area contributed by atoms with E-state index >= 15 is 0 Å². The summed E-state index contributed by atoms with van der Waals surface area (Å²) >= 11 is 0. The van der Waals surface area contributed by atoms with Gasteiger partial charge in [-0.15, -0.1) is 0 Å². The van der Waals surface area contributed by atoms with E-state index < -0.39 is 0 Å². The molecule has 1 aromatic carbocycles. The molecule has 0 aliphatic carbocycles. The molecule has 0 saturated carbocycles. The lowest BCUT2D eigenvalue weighted by Crippen LogP contribution is -2.19. The van der Waals surface area contributed by atoms with E-state index in [1.807, 2.05) is 20.0 Å². The van der Waals surface area contributed by atoms with E-state index in [4.69, 9.17) is 0 Å². The van der Waals surface area contributed by atoms with E-state index in [-0.39, 0.29) is 0 Å². The predicted molar refractivity (Wildman–Crippen MR) is 84.8 cm³/mol. The summed E-state index contributed by atoms with van der Waals surface area (Å²) in [6.07, 6.45) is 1.87. The van der Waals surface area contributed by atoms with E-state index in [2.05, 4.69) is 58.3 Å². The third kappa shape index (κ3) is 3.07. The van der Waals surface area contributed by atoms with Gasteiger partial charge in [0.25, 0.3) is 0 Å². The maximum atomic E-state index is 4.64. The molecule has 0 aliphatic rings. The molecule has 0 radical (unpaired) electrons. The highest BCUT2D eigenvalue weighted by Gasteiger charge is 2.12. The molecule has 0 spiro atoms. The molecule has 0 atom stereocenters. The third-order valence-corrected chi connectivity index (χ3v) is 3.20. The summed E-state index contributed by atoms with van der Waals surface area (Å²) in [7, 11) is 0. The van der Waals surface area contributed by atoms with E-state index in [1.165, 1.54) is 5.56 Å². The first-order chi connectivity index (χ1) is 9.65. The van der Waals surface area contributed by atoms with Crippen molar-refractivity contribution in [2.24, 2.45) is 0 Å². The summed E-state index contributed by atoms with van der Waals surface area (Å²) in [6, 6.07) is 8.51. The molecule has 2 aromatic rings. The fourth-order valence-corrected chi connectivity index (χ4v) is 2.13. The van der Waals surface area contributed by atoms with Crippen LogP contribution in [0.15, 0.2) is 30.5 Å². The van der Waals surface area contributed by atoms with Gasteiger partial charge in [-0.25, -0.2) is 4.98 Å². The predicted octanol–water partition coefficient (Wildman–Crippen LogP) is 3.68. The molecule has 1 heterocycles. The van der Waals surface area contributed by atoms with Crippen molar-refractivity contribution in [3.63, 3.8) is 0 Å². The summed E-state index contributed by atoms with van der Waals surface area (Å²) in [4.78, 5) is 11.1. The number of aromatic nitrogens is 2. The molecule has 20 heavy (non-hydrogen) atoms. The Labute approximate surface area is 120 Å². The van der Waals surface area contributed by atoms with Crippen LogP contribution in [0.3, 0.4) is 0 Å². The molecule has 4 nitrogen and oxygen atoms in total. The summed E-state index contributed by atoms with van der Waals surface area (Å²) in [5, 5.41) is 3.17. The number of rotatable bonds is 5. The summed E-state index contributed by atoms with van der Waals surface area (Å²) in [5.41, 5.74) is 3.49. The SMILES string of the molecule is CCNc1ncc(C)c(N(CC)c2ccc(C)cc2)n1. The highest BCUT2D eigenvalue weighted by molar-refractivity contribution is 5.63. The third-order valence-electron chi connectivity index (χ3n) is 3.20. The molecule has 0 saturated heterocycles. The maximum Gasteiger partial charge on any atom is 0.224 e. The Morgan fingerprint density at radius 1 is 1.10 bits per heavy atom. The molecule has 0 aliphatic heterocycles. The van der Waals surface area contributed by atoms with Crippen LogP contribution in [-0.4, -0.2) is 23.1 Å². The minimum absolute atomic E-state index is 0.679. The zero-order valence-electron chi connectivity index (χ0n) is 12.6. The first-order valence-corrected chi connectivity index (χ1v) is 7.07. The van der Waals surface area contributed by atoms with Gasteiger partial charge in [-0.05, 0) is 39.8 Å². The van der Waals surface area contributed by atoms with E-state index in [0.717, 1.165) is 30.2 Å². The molecule has 0 bridgehead atoms. The smallest absolute Gasteiger partial charge is 0.224 e. The molecule has 4 heteroatoms. The van der Waals surface area contributed by atoms with Crippen molar-refractivity contribution in [1.29, 1.82) is 0 Å². The van der Waals surface area contributed by atoms with Gasteiger partial charge in [0.1, 0.15) is 5.82 Å². The molecule has 0 amide bonds. The van der Waals surface area contributed by atoms with Crippen LogP contribution in [-0.2, 0) is 0 Å². The van der Waals surface area contributed by atoms with Gasteiger partial charge in [-0.3, -0.25) is 0 Å². The number of benzene rings is 1. The Bertz CT molecular complexity index is 563. The van der Waals surface area contributed by atoms with Crippen molar-refractivity contribution in [3.8, 4) is 0 Å². The quantitative estimate of drug-likeness (QED) is 0.899. The highest BCUT2D eigenvalue weighted by atomic mass is 15.2. The van der Waals surface area contributed by atoms with Crippen LogP contribution >= 0.6 is 0 Å². The Kier molecular flexibility index (Phi) is 4.56. The van der Waals surface area contributed by atoms with Crippen LogP contribution in [0.1, 0.15) is 25.0 Å². The van der Waals surface area contributed by atoms with Crippen molar-refractivity contribution in [3.05, 3.63) is 41.6 Å². The lowest BCUT2D eigenvalue weighted by Gasteiger charge is -2.24. The van der Waals surface area contributed by atoms with E-state index in [1.54, 1.807) is 0 Å². The van der Waals surface area contributed by atoms with Crippen LogP contribution in [0.2, 0.25) is 0 Å². The van der Waals surface area contributed by atoms with Crippen LogP contribution in [0.5, 0.6) is 0 Å². The van der Waals surface area contributed by atoms with Gasteiger partial charge >= 0.3 is 0 Å². The van der Waals surface area contributed by atoms with Crippen molar-refractivity contribution in [2.75, 3.05) is 23.3 Å². The highest BCUT2D eigenvalue weighted by Crippen LogP contribution is 2.26.